The number of aryl methyl sites for hydroxylation is 1. The number of aromatic nitrogens is 1. The van der Waals surface area contributed by atoms with Crippen LogP contribution < -0.4 is 0 Å². The highest BCUT2D eigenvalue weighted by Crippen LogP contribution is 2.32. The van der Waals surface area contributed by atoms with Gasteiger partial charge in [-0.2, -0.15) is 5.26 Å². The molecule has 2 aromatic rings. The van der Waals surface area contributed by atoms with Gasteiger partial charge in [-0.25, -0.2) is 4.98 Å². The van der Waals surface area contributed by atoms with Crippen molar-refractivity contribution < 1.29 is 4.74 Å². The minimum Gasteiger partial charge on any atom is -0.378 e. The number of fused-ring (bicyclic) bond motifs is 1. The predicted octanol–water partition coefficient (Wildman–Crippen LogP) is 2.69. The Bertz CT molecular complexity index is 607. The van der Waals surface area contributed by atoms with E-state index < -0.39 is 0 Å². The SMILES string of the molecule is Cc1nc2ccc(CC3(C#N)COC3)cc2s1. The molecule has 86 valence electrons. The van der Waals surface area contributed by atoms with Crippen molar-refractivity contribution in [1.82, 2.24) is 4.98 Å². The summed E-state index contributed by atoms with van der Waals surface area (Å²) in [5.41, 5.74) is 1.95. The molecule has 2 heterocycles. The molecule has 0 spiro atoms. The van der Waals surface area contributed by atoms with Crippen molar-refractivity contribution in [3.05, 3.63) is 28.8 Å². The van der Waals surface area contributed by atoms with Gasteiger partial charge >= 0.3 is 0 Å². The van der Waals surface area contributed by atoms with Crippen LogP contribution in [0.5, 0.6) is 0 Å². The van der Waals surface area contributed by atoms with Crippen LogP contribution in [0.4, 0.5) is 0 Å². The predicted molar refractivity (Wildman–Crippen MR) is 66.9 cm³/mol. The Balaban J connectivity index is 1.93. The Morgan fingerprint density at radius 3 is 3.00 bits per heavy atom. The summed E-state index contributed by atoms with van der Waals surface area (Å²) in [5.74, 6) is 0. The number of ether oxygens (including phenoxy) is 1. The Kier molecular flexibility index (Phi) is 2.39. The molecule has 1 aliphatic heterocycles. The maximum Gasteiger partial charge on any atom is 0.108 e. The molecule has 0 atom stereocenters. The summed E-state index contributed by atoms with van der Waals surface area (Å²) in [6.07, 6.45) is 0.774. The zero-order valence-corrected chi connectivity index (χ0v) is 10.4. The summed E-state index contributed by atoms with van der Waals surface area (Å²) < 4.78 is 6.36. The maximum atomic E-state index is 9.18. The molecule has 0 bridgehead atoms. The van der Waals surface area contributed by atoms with Gasteiger partial charge in [0, 0.05) is 0 Å². The van der Waals surface area contributed by atoms with Crippen molar-refractivity contribution in [1.29, 1.82) is 5.26 Å². The van der Waals surface area contributed by atoms with Crippen LogP contribution >= 0.6 is 11.3 Å². The molecule has 1 aromatic heterocycles. The van der Waals surface area contributed by atoms with Crippen molar-refractivity contribution in [3.8, 4) is 6.07 Å². The third-order valence-electron chi connectivity index (χ3n) is 3.10. The fourth-order valence-corrected chi connectivity index (χ4v) is 3.03. The first-order valence-electron chi connectivity index (χ1n) is 5.56. The summed E-state index contributed by atoms with van der Waals surface area (Å²) in [4.78, 5) is 4.43. The summed E-state index contributed by atoms with van der Waals surface area (Å²) in [6, 6.07) is 8.64. The van der Waals surface area contributed by atoms with E-state index in [-0.39, 0.29) is 5.41 Å². The molecule has 1 aromatic carbocycles. The highest BCUT2D eigenvalue weighted by molar-refractivity contribution is 7.18. The number of nitriles is 1. The van der Waals surface area contributed by atoms with Crippen molar-refractivity contribution in [3.63, 3.8) is 0 Å². The standard InChI is InChI=1S/C13H12N2OS/c1-9-15-11-3-2-10(4-12(11)17-9)5-13(6-14)7-16-8-13/h2-4H,5,7-8H2,1H3. The van der Waals surface area contributed by atoms with Crippen LogP contribution in [0, 0.1) is 23.7 Å². The molecule has 0 N–H and O–H groups in total. The van der Waals surface area contributed by atoms with Crippen LogP contribution in [0.25, 0.3) is 10.2 Å². The van der Waals surface area contributed by atoms with Gasteiger partial charge in [-0.05, 0) is 31.0 Å². The lowest BCUT2D eigenvalue weighted by molar-refractivity contribution is -0.0765. The Morgan fingerprint density at radius 2 is 2.35 bits per heavy atom. The largest absolute Gasteiger partial charge is 0.378 e. The lowest BCUT2D eigenvalue weighted by Crippen LogP contribution is -2.43. The number of rotatable bonds is 2. The van der Waals surface area contributed by atoms with E-state index in [9.17, 15) is 5.26 Å². The molecule has 1 saturated heterocycles. The number of hydrogen-bond donors (Lipinski definition) is 0. The molecule has 17 heavy (non-hydrogen) atoms. The lowest BCUT2D eigenvalue weighted by Gasteiger charge is -2.35. The van der Waals surface area contributed by atoms with E-state index in [2.05, 4.69) is 23.2 Å². The van der Waals surface area contributed by atoms with Gasteiger partial charge in [0.15, 0.2) is 0 Å². The monoisotopic (exact) mass is 244 g/mol. The van der Waals surface area contributed by atoms with E-state index in [1.807, 2.05) is 13.0 Å². The quantitative estimate of drug-likeness (QED) is 0.816. The second-order valence-electron chi connectivity index (χ2n) is 4.60. The molecule has 3 rings (SSSR count). The van der Waals surface area contributed by atoms with Crippen LogP contribution in [-0.4, -0.2) is 18.2 Å². The Hall–Kier alpha value is -1.44. The third-order valence-corrected chi connectivity index (χ3v) is 4.03. The summed E-state index contributed by atoms with van der Waals surface area (Å²) in [6.45, 7) is 3.13. The summed E-state index contributed by atoms with van der Waals surface area (Å²) in [7, 11) is 0. The smallest absolute Gasteiger partial charge is 0.108 e. The lowest BCUT2D eigenvalue weighted by atomic mass is 9.81. The summed E-state index contributed by atoms with van der Waals surface area (Å²) in [5, 5.41) is 10.3. The van der Waals surface area contributed by atoms with Crippen LogP contribution in [0.2, 0.25) is 0 Å². The number of benzene rings is 1. The third kappa shape index (κ3) is 1.82. The van der Waals surface area contributed by atoms with Gasteiger partial charge in [0.25, 0.3) is 0 Å². The molecule has 4 heteroatoms. The Morgan fingerprint density at radius 1 is 1.53 bits per heavy atom. The molecule has 1 fully saturated rings. The molecular formula is C13H12N2OS. The molecule has 0 unspecified atom stereocenters. The zero-order chi connectivity index (χ0) is 11.9. The fourth-order valence-electron chi connectivity index (χ4n) is 2.14. The van der Waals surface area contributed by atoms with E-state index in [0.717, 1.165) is 16.9 Å². The van der Waals surface area contributed by atoms with Gasteiger partial charge < -0.3 is 4.74 Å². The zero-order valence-electron chi connectivity index (χ0n) is 9.56. The van der Waals surface area contributed by atoms with Gasteiger partial charge in [0.2, 0.25) is 0 Å². The van der Waals surface area contributed by atoms with Gasteiger partial charge in [0.05, 0.1) is 34.5 Å². The topological polar surface area (TPSA) is 45.9 Å². The second-order valence-corrected chi connectivity index (χ2v) is 5.83. The van der Waals surface area contributed by atoms with Gasteiger partial charge in [-0.15, -0.1) is 11.3 Å². The first-order chi connectivity index (χ1) is 8.21. The highest BCUT2D eigenvalue weighted by Gasteiger charge is 2.38. The van der Waals surface area contributed by atoms with E-state index in [1.54, 1.807) is 11.3 Å². The van der Waals surface area contributed by atoms with Crippen LogP contribution in [0.15, 0.2) is 18.2 Å². The molecule has 0 saturated carbocycles. The fraction of sp³-hybridized carbons (Fsp3) is 0.385. The molecular weight excluding hydrogens is 232 g/mol. The first-order valence-corrected chi connectivity index (χ1v) is 6.38. The van der Waals surface area contributed by atoms with Crippen LogP contribution in [0.1, 0.15) is 10.6 Å². The number of nitrogens with zero attached hydrogens (tertiary/aromatic N) is 2. The minimum atomic E-state index is -0.298. The van der Waals surface area contributed by atoms with Crippen molar-refractivity contribution >= 4 is 21.6 Å². The minimum absolute atomic E-state index is 0.298. The molecule has 1 aliphatic rings. The Labute approximate surface area is 104 Å². The van der Waals surface area contributed by atoms with E-state index >= 15 is 0 Å². The maximum absolute atomic E-state index is 9.18. The average Bonchev–Trinajstić information content (AvgIpc) is 2.63. The summed E-state index contributed by atoms with van der Waals surface area (Å²) >= 11 is 1.70. The van der Waals surface area contributed by atoms with Gasteiger partial charge in [-0.1, -0.05) is 6.07 Å². The van der Waals surface area contributed by atoms with Crippen LogP contribution in [0.3, 0.4) is 0 Å². The number of hydrogen-bond acceptors (Lipinski definition) is 4. The van der Waals surface area contributed by atoms with Crippen molar-refractivity contribution in [2.24, 2.45) is 5.41 Å². The molecule has 0 aliphatic carbocycles. The second kappa shape index (κ2) is 3.80. The van der Waals surface area contributed by atoms with Gasteiger partial charge in [-0.3, -0.25) is 0 Å². The molecule has 0 radical (unpaired) electrons. The first kappa shape index (κ1) is 10.7. The van der Waals surface area contributed by atoms with E-state index in [0.29, 0.717) is 13.2 Å². The van der Waals surface area contributed by atoms with Gasteiger partial charge in [0.1, 0.15) is 5.41 Å². The molecule has 0 amide bonds. The van der Waals surface area contributed by atoms with Crippen LogP contribution in [-0.2, 0) is 11.2 Å². The van der Waals surface area contributed by atoms with Crippen molar-refractivity contribution in [2.75, 3.05) is 13.2 Å². The van der Waals surface area contributed by atoms with Crippen molar-refractivity contribution in [2.45, 2.75) is 13.3 Å². The average molecular weight is 244 g/mol. The van der Waals surface area contributed by atoms with E-state index in [1.165, 1.54) is 10.3 Å². The highest BCUT2D eigenvalue weighted by atomic mass is 32.1. The normalized spacial score (nSPS) is 17.6. The molecule has 3 nitrogen and oxygen atoms in total. The van der Waals surface area contributed by atoms with E-state index in [4.69, 9.17) is 4.74 Å². The number of thiazole rings is 1.